The van der Waals surface area contributed by atoms with Crippen molar-refractivity contribution in [1.82, 2.24) is 4.90 Å². The third-order valence-electron chi connectivity index (χ3n) is 4.88. The Morgan fingerprint density at radius 2 is 2.10 bits per heavy atom. The van der Waals surface area contributed by atoms with Gasteiger partial charge < -0.3 is 10.6 Å². The molecule has 2 fully saturated rings. The van der Waals surface area contributed by atoms with Gasteiger partial charge in [-0.25, -0.2) is 8.78 Å². The van der Waals surface area contributed by atoms with E-state index in [2.05, 4.69) is 0 Å². The number of nitrogens with zero attached hydrogens (tertiary/aromatic N) is 1. The second-order valence-corrected chi connectivity index (χ2v) is 6.21. The molecule has 1 aromatic carbocycles. The van der Waals surface area contributed by atoms with Gasteiger partial charge in [-0.3, -0.25) is 4.79 Å². The van der Waals surface area contributed by atoms with E-state index in [1.54, 1.807) is 4.90 Å². The highest BCUT2D eigenvalue weighted by Crippen LogP contribution is 2.35. The quantitative estimate of drug-likeness (QED) is 0.908. The summed E-state index contributed by atoms with van der Waals surface area (Å²) in [5.41, 5.74) is 6.26. The number of rotatable bonds is 2. The van der Waals surface area contributed by atoms with Crippen LogP contribution < -0.4 is 5.73 Å². The predicted octanol–water partition coefficient (Wildman–Crippen LogP) is 2.09. The summed E-state index contributed by atoms with van der Waals surface area (Å²) < 4.78 is 26.8. The van der Waals surface area contributed by atoms with Crippen molar-refractivity contribution in [2.24, 2.45) is 17.6 Å². The van der Waals surface area contributed by atoms with Gasteiger partial charge in [0.2, 0.25) is 5.91 Å². The van der Waals surface area contributed by atoms with E-state index in [0.29, 0.717) is 24.9 Å². The molecule has 1 heterocycles. The zero-order valence-corrected chi connectivity index (χ0v) is 11.9. The highest BCUT2D eigenvalue weighted by atomic mass is 19.2. The van der Waals surface area contributed by atoms with Gasteiger partial charge >= 0.3 is 0 Å². The van der Waals surface area contributed by atoms with Crippen LogP contribution in [-0.2, 0) is 11.2 Å². The molecule has 0 spiro atoms. The molecule has 3 unspecified atom stereocenters. The van der Waals surface area contributed by atoms with Gasteiger partial charge in [0.05, 0.1) is 6.42 Å². The van der Waals surface area contributed by atoms with Gasteiger partial charge in [-0.2, -0.15) is 0 Å². The molecule has 1 saturated carbocycles. The van der Waals surface area contributed by atoms with Gasteiger partial charge in [0.1, 0.15) is 0 Å². The number of hydrogen-bond acceptors (Lipinski definition) is 2. The monoisotopic (exact) mass is 294 g/mol. The minimum atomic E-state index is -0.917. The van der Waals surface area contributed by atoms with Crippen LogP contribution in [0.5, 0.6) is 0 Å². The predicted molar refractivity (Wildman–Crippen MR) is 75.4 cm³/mol. The first-order valence-corrected chi connectivity index (χ1v) is 7.52. The number of carbonyl (C=O) groups excluding carboxylic acids is 1. The average molecular weight is 294 g/mol. The number of carbonyl (C=O) groups is 1. The van der Waals surface area contributed by atoms with E-state index in [4.69, 9.17) is 5.73 Å². The first-order valence-electron chi connectivity index (χ1n) is 7.52. The number of benzene rings is 1. The van der Waals surface area contributed by atoms with Gasteiger partial charge in [-0.1, -0.05) is 18.6 Å². The molecule has 2 aliphatic rings. The number of nitrogens with two attached hydrogens (primary N) is 1. The molecule has 1 amide bonds. The van der Waals surface area contributed by atoms with E-state index >= 15 is 0 Å². The zero-order valence-electron chi connectivity index (χ0n) is 11.9. The first kappa shape index (κ1) is 14.4. The van der Waals surface area contributed by atoms with E-state index < -0.39 is 11.6 Å². The van der Waals surface area contributed by atoms with Gasteiger partial charge in [-0.05, 0) is 30.7 Å². The summed E-state index contributed by atoms with van der Waals surface area (Å²) >= 11 is 0. The van der Waals surface area contributed by atoms with Crippen molar-refractivity contribution >= 4 is 5.91 Å². The Balaban J connectivity index is 1.68. The summed E-state index contributed by atoms with van der Waals surface area (Å²) in [6.45, 7) is 1.36. The van der Waals surface area contributed by atoms with Gasteiger partial charge in [-0.15, -0.1) is 0 Å². The molecule has 0 aromatic heterocycles. The SMILES string of the molecule is NC1CCCC2CN(C(=O)Cc3cccc(F)c3F)CC12. The summed E-state index contributed by atoms with van der Waals surface area (Å²) in [5.74, 6) is -1.13. The molecule has 5 heteroatoms. The molecule has 21 heavy (non-hydrogen) atoms. The number of halogens is 2. The van der Waals surface area contributed by atoms with Crippen LogP contribution in [0.3, 0.4) is 0 Å². The van der Waals surface area contributed by atoms with Crippen LogP contribution in [0, 0.1) is 23.5 Å². The van der Waals surface area contributed by atoms with Gasteiger partial charge in [0.25, 0.3) is 0 Å². The fraction of sp³-hybridized carbons (Fsp3) is 0.562. The molecule has 3 rings (SSSR count). The largest absolute Gasteiger partial charge is 0.342 e. The lowest BCUT2D eigenvalue weighted by molar-refractivity contribution is -0.129. The van der Waals surface area contributed by atoms with Crippen molar-refractivity contribution in [2.45, 2.75) is 31.7 Å². The zero-order chi connectivity index (χ0) is 15.0. The Kier molecular flexibility index (Phi) is 3.93. The van der Waals surface area contributed by atoms with E-state index in [-0.39, 0.29) is 23.9 Å². The molecule has 1 aliphatic heterocycles. The van der Waals surface area contributed by atoms with Crippen molar-refractivity contribution in [2.75, 3.05) is 13.1 Å². The molecular formula is C16H20F2N2O. The van der Waals surface area contributed by atoms with Crippen molar-refractivity contribution < 1.29 is 13.6 Å². The van der Waals surface area contributed by atoms with Crippen LogP contribution in [0.2, 0.25) is 0 Å². The van der Waals surface area contributed by atoms with E-state index in [9.17, 15) is 13.6 Å². The Morgan fingerprint density at radius 1 is 1.29 bits per heavy atom. The van der Waals surface area contributed by atoms with Crippen LogP contribution in [0.4, 0.5) is 8.78 Å². The average Bonchev–Trinajstić information content (AvgIpc) is 2.89. The first-order chi connectivity index (χ1) is 10.1. The van der Waals surface area contributed by atoms with Crippen molar-refractivity contribution in [3.05, 3.63) is 35.4 Å². The molecule has 0 bridgehead atoms. The maximum absolute atomic E-state index is 13.6. The van der Waals surface area contributed by atoms with E-state index in [1.807, 2.05) is 0 Å². The lowest BCUT2D eigenvalue weighted by Gasteiger charge is -2.29. The molecule has 114 valence electrons. The number of hydrogen-bond donors (Lipinski definition) is 1. The third-order valence-corrected chi connectivity index (χ3v) is 4.88. The van der Waals surface area contributed by atoms with Crippen LogP contribution in [-0.4, -0.2) is 29.9 Å². The summed E-state index contributed by atoms with van der Waals surface area (Å²) in [6, 6.07) is 4.12. The Morgan fingerprint density at radius 3 is 2.86 bits per heavy atom. The van der Waals surface area contributed by atoms with Crippen LogP contribution in [0.15, 0.2) is 18.2 Å². The number of fused-ring (bicyclic) bond motifs is 1. The molecule has 1 aliphatic carbocycles. The Bertz CT molecular complexity index is 549. The summed E-state index contributed by atoms with van der Waals surface area (Å²) in [5, 5.41) is 0. The standard InChI is InChI=1S/C16H20F2N2O/c17-13-5-1-3-10(16(13)18)7-15(21)20-8-11-4-2-6-14(19)12(11)9-20/h1,3,5,11-12,14H,2,4,6-9,19H2. The fourth-order valence-corrected chi connectivity index (χ4v) is 3.68. The maximum atomic E-state index is 13.6. The van der Waals surface area contributed by atoms with Gasteiger partial charge in [0, 0.05) is 24.7 Å². The number of likely N-dealkylation sites (tertiary alicyclic amines) is 1. The molecule has 0 radical (unpaired) electrons. The highest BCUT2D eigenvalue weighted by molar-refractivity contribution is 5.79. The lowest BCUT2D eigenvalue weighted by Crippen LogP contribution is -2.38. The molecule has 2 N–H and O–H groups in total. The Hall–Kier alpha value is -1.49. The van der Waals surface area contributed by atoms with Crippen molar-refractivity contribution in [1.29, 1.82) is 0 Å². The minimum Gasteiger partial charge on any atom is -0.342 e. The second-order valence-electron chi connectivity index (χ2n) is 6.21. The topological polar surface area (TPSA) is 46.3 Å². The van der Waals surface area contributed by atoms with Crippen LogP contribution in [0.25, 0.3) is 0 Å². The normalized spacial score (nSPS) is 28.5. The molecule has 1 saturated heterocycles. The van der Waals surface area contributed by atoms with E-state index in [0.717, 1.165) is 25.3 Å². The molecule has 3 nitrogen and oxygen atoms in total. The van der Waals surface area contributed by atoms with Crippen LogP contribution >= 0.6 is 0 Å². The summed E-state index contributed by atoms with van der Waals surface area (Å²) in [4.78, 5) is 14.1. The minimum absolute atomic E-state index is 0.0850. The smallest absolute Gasteiger partial charge is 0.227 e. The Labute approximate surface area is 123 Å². The summed E-state index contributed by atoms with van der Waals surface area (Å²) in [6.07, 6.45) is 3.15. The highest BCUT2D eigenvalue weighted by Gasteiger charge is 2.40. The van der Waals surface area contributed by atoms with Gasteiger partial charge in [0.15, 0.2) is 11.6 Å². The maximum Gasteiger partial charge on any atom is 0.227 e. The molecule has 1 aromatic rings. The third kappa shape index (κ3) is 2.79. The van der Waals surface area contributed by atoms with Crippen molar-refractivity contribution in [3.8, 4) is 0 Å². The summed E-state index contributed by atoms with van der Waals surface area (Å²) in [7, 11) is 0. The lowest BCUT2D eigenvalue weighted by atomic mass is 9.78. The molecular weight excluding hydrogens is 274 g/mol. The van der Waals surface area contributed by atoms with E-state index in [1.165, 1.54) is 12.1 Å². The van der Waals surface area contributed by atoms with Crippen LogP contribution in [0.1, 0.15) is 24.8 Å². The van der Waals surface area contributed by atoms with Crippen molar-refractivity contribution in [3.63, 3.8) is 0 Å². The number of amides is 1. The fourth-order valence-electron chi connectivity index (χ4n) is 3.68. The molecule has 3 atom stereocenters. The second kappa shape index (κ2) is 5.72.